The van der Waals surface area contributed by atoms with Crippen LogP contribution in [-0.4, -0.2) is 36.5 Å². The summed E-state index contributed by atoms with van der Waals surface area (Å²) < 4.78 is 13.3. The molecule has 1 aliphatic rings. The van der Waals surface area contributed by atoms with Gasteiger partial charge in [-0.15, -0.1) is 0 Å². The number of hydrogen-bond donors (Lipinski definition) is 1. The van der Waals surface area contributed by atoms with Crippen molar-refractivity contribution in [3.05, 3.63) is 35.1 Å². The first kappa shape index (κ1) is 15.0. The number of benzene rings is 1. The highest BCUT2D eigenvalue weighted by Crippen LogP contribution is 2.16. The van der Waals surface area contributed by atoms with E-state index < -0.39 is 0 Å². The molecule has 110 valence electrons. The fourth-order valence-corrected chi connectivity index (χ4v) is 2.64. The van der Waals surface area contributed by atoms with Gasteiger partial charge in [0.1, 0.15) is 5.82 Å². The Morgan fingerprint density at radius 2 is 2.30 bits per heavy atom. The van der Waals surface area contributed by atoms with Crippen molar-refractivity contribution in [1.82, 2.24) is 10.2 Å². The normalized spacial score (nSPS) is 19.1. The lowest BCUT2D eigenvalue weighted by atomic mass is 10.0. The summed E-state index contributed by atoms with van der Waals surface area (Å²) in [5.74, 6) is -0.251. The molecule has 1 fully saturated rings. The number of nitrogens with zero attached hydrogens (tertiary/aromatic N) is 1. The van der Waals surface area contributed by atoms with Crippen LogP contribution in [0.3, 0.4) is 0 Å². The minimum atomic E-state index is -0.261. The van der Waals surface area contributed by atoms with Gasteiger partial charge in [0.15, 0.2) is 0 Å². The average molecular weight is 278 g/mol. The van der Waals surface area contributed by atoms with Gasteiger partial charge in [0.05, 0.1) is 0 Å². The van der Waals surface area contributed by atoms with Gasteiger partial charge in [0.25, 0.3) is 5.91 Å². The van der Waals surface area contributed by atoms with Gasteiger partial charge in [0.2, 0.25) is 0 Å². The average Bonchev–Trinajstić information content (AvgIpc) is 2.47. The monoisotopic (exact) mass is 278 g/mol. The zero-order chi connectivity index (χ0) is 14.5. The number of aryl methyl sites for hydroxylation is 1. The van der Waals surface area contributed by atoms with Crippen LogP contribution in [0.2, 0.25) is 0 Å². The van der Waals surface area contributed by atoms with Crippen molar-refractivity contribution in [2.24, 2.45) is 0 Å². The molecule has 0 radical (unpaired) electrons. The first-order valence-corrected chi connectivity index (χ1v) is 7.40. The summed E-state index contributed by atoms with van der Waals surface area (Å²) in [7, 11) is 0. The Balaban J connectivity index is 2.02. The minimum Gasteiger partial charge on any atom is -0.337 e. The zero-order valence-corrected chi connectivity index (χ0v) is 12.3. The number of likely N-dealkylation sites (tertiary alicyclic amines) is 1. The molecule has 1 atom stereocenters. The SMILES string of the molecule is CCCNC1CCCN(C(=O)c2ccc(F)c(C)c2)C1. The maximum atomic E-state index is 13.3. The lowest BCUT2D eigenvalue weighted by molar-refractivity contribution is 0.0695. The van der Waals surface area contributed by atoms with Crippen molar-refractivity contribution in [1.29, 1.82) is 0 Å². The predicted molar refractivity (Wildman–Crippen MR) is 78.4 cm³/mol. The topological polar surface area (TPSA) is 32.3 Å². The standard InChI is InChI=1S/C16H23FN2O/c1-3-8-18-14-5-4-9-19(11-14)16(20)13-6-7-15(17)12(2)10-13/h6-7,10,14,18H,3-5,8-9,11H2,1-2H3. The molecule has 1 unspecified atom stereocenters. The van der Waals surface area contributed by atoms with Crippen LogP contribution in [0.4, 0.5) is 4.39 Å². The third kappa shape index (κ3) is 3.57. The molecule has 1 N–H and O–H groups in total. The molecule has 0 aromatic heterocycles. The van der Waals surface area contributed by atoms with Crippen LogP contribution in [0.1, 0.15) is 42.1 Å². The molecule has 0 spiro atoms. The molecular weight excluding hydrogens is 255 g/mol. The second-order valence-electron chi connectivity index (χ2n) is 5.51. The van der Waals surface area contributed by atoms with Gasteiger partial charge in [-0.2, -0.15) is 0 Å². The molecule has 0 saturated carbocycles. The molecule has 1 saturated heterocycles. The van der Waals surface area contributed by atoms with E-state index in [4.69, 9.17) is 0 Å². The largest absolute Gasteiger partial charge is 0.337 e. The van der Waals surface area contributed by atoms with E-state index in [2.05, 4.69) is 12.2 Å². The van der Waals surface area contributed by atoms with Gasteiger partial charge in [-0.05, 0) is 56.5 Å². The van der Waals surface area contributed by atoms with Crippen molar-refractivity contribution in [2.75, 3.05) is 19.6 Å². The van der Waals surface area contributed by atoms with Crippen LogP contribution in [0.15, 0.2) is 18.2 Å². The number of carbonyl (C=O) groups is 1. The number of amides is 1. The Hall–Kier alpha value is -1.42. The Kier molecular flexibility index (Phi) is 5.12. The van der Waals surface area contributed by atoms with E-state index in [-0.39, 0.29) is 11.7 Å². The molecule has 1 aliphatic heterocycles. The van der Waals surface area contributed by atoms with E-state index in [9.17, 15) is 9.18 Å². The highest BCUT2D eigenvalue weighted by atomic mass is 19.1. The number of piperidine rings is 1. The summed E-state index contributed by atoms with van der Waals surface area (Å²) in [6.45, 7) is 6.35. The second-order valence-corrected chi connectivity index (χ2v) is 5.51. The third-order valence-corrected chi connectivity index (χ3v) is 3.80. The molecule has 1 heterocycles. The fourth-order valence-electron chi connectivity index (χ4n) is 2.64. The number of hydrogen-bond acceptors (Lipinski definition) is 2. The van der Waals surface area contributed by atoms with Crippen LogP contribution in [0.25, 0.3) is 0 Å². The first-order chi connectivity index (χ1) is 9.61. The first-order valence-electron chi connectivity index (χ1n) is 7.40. The van der Waals surface area contributed by atoms with Gasteiger partial charge < -0.3 is 10.2 Å². The molecule has 1 aromatic carbocycles. The van der Waals surface area contributed by atoms with Gasteiger partial charge in [0, 0.05) is 24.7 Å². The summed E-state index contributed by atoms with van der Waals surface area (Å²) in [5, 5.41) is 3.47. The molecular formula is C16H23FN2O. The molecule has 1 aromatic rings. The third-order valence-electron chi connectivity index (χ3n) is 3.80. The van der Waals surface area contributed by atoms with Crippen molar-refractivity contribution in [2.45, 2.75) is 39.2 Å². The van der Waals surface area contributed by atoms with E-state index in [0.717, 1.165) is 38.9 Å². The van der Waals surface area contributed by atoms with E-state index >= 15 is 0 Å². The van der Waals surface area contributed by atoms with E-state index in [1.807, 2.05) is 4.90 Å². The summed E-state index contributed by atoms with van der Waals surface area (Å²) in [4.78, 5) is 14.3. The molecule has 2 rings (SSSR count). The summed E-state index contributed by atoms with van der Waals surface area (Å²) >= 11 is 0. The van der Waals surface area contributed by atoms with Crippen molar-refractivity contribution >= 4 is 5.91 Å². The summed E-state index contributed by atoms with van der Waals surface area (Å²) in [6, 6.07) is 4.97. The Labute approximate surface area is 120 Å². The molecule has 0 bridgehead atoms. The fraction of sp³-hybridized carbons (Fsp3) is 0.562. The van der Waals surface area contributed by atoms with E-state index in [0.29, 0.717) is 17.2 Å². The second kappa shape index (κ2) is 6.84. The van der Waals surface area contributed by atoms with Crippen molar-refractivity contribution in [3.63, 3.8) is 0 Å². The van der Waals surface area contributed by atoms with Crippen LogP contribution in [0, 0.1) is 12.7 Å². The molecule has 1 amide bonds. The van der Waals surface area contributed by atoms with Gasteiger partial charge >= 0.3 is 0 Å². The number of carbonyl (C=O) groups excluding carboxylic acids is 1. The minimum absolute atomic E-state index is 0.0103. The summed E-state index contributed by atoms with van der Waals surface area (Å²) in [5.41, 5.74) is 1.11. The molecule has 3 nitrogen and oxygen atoms in total. The highest BCUT2D eigenvalue weighted by molar-refractivity contribution is 5.94. The highest BCUT2D eigenvalue weighted by Gasteiger charge is 2.24. The molecule has 20 heavy (non-hydrogen) atoms. The lowest BCUT2D eigenvalue weighted by Gasteiger charge is -2.33. The van der Waals surface area contributed by atoms with Gasteiger partial charge in [-0.3, -0.25) is 4.79 Å². The Bertz CT molecular complexity index is 476. The van der Waals surface area contributed by atoms with Crippen LogP contribution in [0.5, 0.6) is 0 Å². The molecule has 0 aliphatic carbocycles. The van der Waals surface area contributed by atoms with Crippen LogP contribution in [-0.2, 0) is 0 Å². The Morgan fingerprint density at radius 3 is 3.00 bits per heavy atom. The maximum Gasteiger partial charge on any atom is 0.253 e. The maximum absolute atomic E-state index is 13.3. The van der Waals surface area contributed by atoms with Crippen LogP contribution >= 0.6 is 0 Å². The summed E-state index contributed by atoms with van der Waals surface area (Å²) in [6.07, 6.45) is 3.24. The van der Waals surface area contributed by atoms with Crippen molar-refractivity contribution < 1.29 is 9.18 Å². The number of halogens is 1. The Morgan fingerprint density at radius 1 is 1.50 bits per heavy atom. The predicted octanol–water partition coefficient (Wildman–Crippen LogP) is 2.74. The smallest absolute Gasteiger partial charge is 0.253 e. The number of nitrogens with one attached hydrogen (secondary N) is 1. The van der Waals surface area contributed by atoms with Gasteiger partial charge in [-0.25, -0.2) is 4.39 Å². The number of rotatable bonds is 4. The van der Waals surface area contributed by atoms with E-state index in [1.165, 1.54) is 6.07 Å². The lowest BCUT2D eigenvalue weighted by Crippen LogP contribution is -2.48. The van der Waals surface area contributed by atoms with E-state index in [1.54, 1.807) is 19.1 Å². The van der Waals surface area contributed by atoms with Crippen LogP contribution < -0.4 is 5.32 Å². The zero-order valence-electron chi connectivity index (χ0n) is 12.3. The van der Waals surface area contributed by atoms with Crippen molar-refractivity contribution in [3.8, 4) is 0 Å². The molecule has 4 heteroatoms. The van der Waals surface area contributed by atoms with Gasteiger partial charge in [-0.1, -0.05) is 6.92 Å². The quantitative estimate of drug-likeness (QED) is 0.918.